The first-order valence-electron chi connectivity index (χ1n) is 6.72. The van der Waals surface area contributed by atoms with E-state index in [4.69, 9.17) is 9.47 Å². The van der Waals surface area contributed by atoms with Gasteiger partial charge in [-0.25, -0.2) is 4.98 Å². The van der Waals surface area contributed by atoms with Crippen LogP contribution in [0.25, 0.3) is 22.4 Å². The number of halogens is 3. The highest BCUT2D eigenvalue weighted by Crippen LogP contribution is 2.34. The molecule has 3 aromatic rings. The van der Waals surface area contributed by atoms with Gasteiger partial charge in [0.2, 0.25) is 0 Å². The zero-order valence-corrected chi connectivity index (χ0v) is 12.4. The number of nitrogens with zero attached hydrogens (tertiary/aromatic N) is 1. The summed E-state index contributed by atoms with van der Waals surface area (Å²) in [4.78, 5) is 7.48. The molecule has 1 aromatic heterocycles. The third-order valence-corrected chi connectivity index (χ3v) is 3.50. The highest BCUT2D eigenvalue weighted by molar-refractivity contribution is 5.89. The van der Waals surface area contributed by atoms with Crippen LogP contribution in [0.1, 0.15) is 5.56 Å². The smallest absolute Gasteiger partial charge is 0.416 e. The third kappa shape index (κ3) is 2.69. The number of ether oxygens (including phenoxy) is 2. The van der Waals surface area contributed by atoms with Gasteiger partial charge in [-0.2, -0.15) is 13.2 Å². The summed E-state index contributed by atoms with van der Waals surface area (Å²) in [5, 5.41) is 0. The van der Waals surface area contributed by atoms with Crippen LogP contribution in [0.4, 0.5) is 13.2 Å². The fourth-order valence-corrected chi connectivity index (χ4v) is 2.33. The van der Waals surface area contributed by atoms with Crippen molar-refractivity contribution >= 4 is 11.0 Å². The largest absolute Gasteiger partial charge is 0.494 e. The molecule has 0 aliphatic rings. The Balaban J connectivity index is 2.10. The van der Waals surface area contributed by atoms with E-state index in [9.17, 15) is 13.2 Å². The molecule has 0 atom stereocenters. The van der Waals surface area contributed by atoms with Crippen LogP contribution in [-0.4, -0.2) is 24.2 Å². The molecule has 1 N–H and O–H groups in total. The molecular weight excluding hydrogens is 309 g/mol. The molecule has 1 heterocycles. The number of rotatable bonds is 3. The van der Waals surface area contributed by atoms with Gasteiger partial charge in [-0.15, -0.1) is 0 Å². The molecule has 0 amide bonds. The first kappa shape index (κ1) is 15.2. The second-order valence-corrected chi connectivity index (χ2v) is 4.85. The second-order valence-electron chi connectivity index (χ2n) is 4.85. The number of H-pyrrole nitrogens is 1. The lowest BCUT2D eigenvalue weighted by atomic mass is 10.1. The van der Waals surface area contributed by atoms with Gasteiger partial charge in [-0.05, 0) is 24.3 Å². The summed E-state index contributed by atoms with van der Waals surface area (Å²) in [5.74, 6) is 1.57. The summed E-state index contributed by atoms with van der Waals surface area (Å²) in [7, 11) is 3.05. The van der Waals surface area contributed by atoms with Crippen molar-refractivity contribution in [1.29, 1.82) is 0 Å². The first-order chi connectivity index (χ1) is 10.9. The van der Waals surface area contributed by atoms with Crippen LogP contribution >= 0.6 is 0 Å². The van der Waals surface area contributed by atoms with Gasteiger partial charge in [0.25, 0.3) is 0 Å². The normalized spacial score (nSPS) is 11.7. The van der Waals surface area contributed by atoms with Gasteiger partial charge in [0.05, 0.1) is 19.8 Å². The summed E-state index contributed by atoms with van der Waals surface area (Å²) in [6.07, 6.45) is -4.36. The Morgan fingerprint density at radius 3 is 2.09 bits per heavy atom. The molecule has 0 unspecified atom stereocenters. The van der Waals surface area contributed by atoms with E-state index in [2.05, 4.69) is 9.97 Å². The van der Waals surface area contributed by atoms with Crippen molar-refractivity contribution in [3.05, 3.63) is 42.0 Å². The highest BCUT2D eigenvalue weighted by Gasteiger charge is 2.30. The fourth-order valence-electron chi connectivity index (χ4n) is 2.33. The lowest BCUT2D eigenvalue weighted by Crippen LogP contribution is -2.04. The lowest BCUT2D eigenvalue weighted by Gasteiger charge is -2.06. The molecule has 120 valence electrons. The minimum absolute atomic E-state index is 0.441. The van der Waals surface area contributed by atoms with Crippen LogP contribution in [-0.2, 0) is 6.18 Å². The number of aromatic nitrogens is 2. The van der Waals surface area contributed by atoms with Crippen LogP contribution in [0, 0.1) is 0 Å². The van der Waals surface area contributed by atoms with Crippen LogP contribution in [0.2, 0.25) is 0 Å². The topological polar surface area (TPSA) is 47.1 Å². The van der Waals surface area contributed by atoms with Gasteiger partial charge in [0.1, 0.15) is 28.4 Å². The Hall–Kier alpha value is -2.70. The van der Waals surface area contributed by atoms with Crippen molar-refractivity contribution in [3.8, 4) is 22.9 Å². The molecule has 0 saturated heterocycles. The Kier molecular flexibility index (Phi) is 3.63. The molecule has 0 saturated carbocycles. The number of alkyl halides is 3. The monoisotopic (exact) mass is 322 g/mol. The van der Waals surface area contributed by atoms with Crippen LogP contribution < -0.4 is 9.47 Å². The summed E-state index contributed by atoms with van der Waals surface area (Å²) in [6.45, 7) is 0. The summed E-state index contributed by atoms with van der Waals surface area (Å²) in [5.41, 5.74) is 1.02. The van der Waals surface area contributed by atoms with Crippen molar-refractivity contribution in [2.45, 2.75) is 6.18 Å². The van der Waals surface area contributed by atoms with Gasteiger partial charge in [-0.3, -0.25) is 0 Å². The van der Waals surface area contributed by atoms with E-state index < -0.39 is 11.7 Å². The van der Waals surface area contributed by atoms with Gasteiger partial charge in [-0.1, -0.05) is 12.1 Å². The van der Waals surface area contributed by atoms with E-state index in [0.29, 0.717) is 33.9 Å². The molecule has 2 aromatic carbocycles. The average Bonchev–Trinajstić information content (AvgIpc) is 2.98. The maximum Gasteiger partial charge on any atom is 0.416 e. The SMILES string of the molecule is COc1ccc(OC)c2[nH]c(-c3ccc(C(F)(F)F)cc3)nc12. The standard InChI is InChI=1S/C16H13F3N2O2/c1-22-11-7-8-12(23-2)14-13(11)20-15(21-14)9-3-5-10(6-4-9)16(17,18)19/h3-8H,1-2H3,(H,20,21). The van der Waals surface area contributed by atoms with Gasteiger partial charge < -0.3 is 14.5 Å². The number of aromatic amines is 1. The number of benzene rings is 2. The molecule has 0 bridgehead atoms. The molecule has 0 aliphatic heterocycles. The Morgan fingerprint density at radius 2 is 1.52 bits per heavy atom. The molecule has 0 radical (unpaired) electrons. The van der Waals surface area contributed by atoms with E-state index in [1.165, 1.54) is 26.4 Å². The van der Waals surface area contributed by atoms with E-state index in [1.54, 1.807) is 12.1 Å². The minimum atomic E-state index is -4.36. The van der Waals surface area contributed by atoms with E-state index in [0.717, 1.165) is 12.1 Å². The molecule has 0 aliphatic carbocycles. The quantitative estimate of drug-likeness (QED) is 0.783. The predicted molar refractivity (Wildman–Crippen MR) is 79.6 cm³/mol. The maximum absolute atomic E-state index is 12.6. The van der Waals surface area contributed by atoms with E-state index in [-0.39, 0.29) is 0 Å². The molecule has 4 nitrogen and oxygen atoms in total. The molecule has 3 rings (SSSR count). The van der Waals surface area contributed by atoms with Gasteiger partial charge in [0, 0.05) is 5.56 Å². The fraction of sp³-hybridized carbons (Fsp3) is 0.188. The Bertz CT molecular complexity index is 798. The number of hydrogen-bond donors (Lipinski definition) is 1. The van der Waals surface area contributed by atoms with Gasteiger partial charge in [0.15, 0.2) is 0 Å². The Labute approximate surface area is 129 Å². The third-order valence-electron chi connectivity index (χ3n) is 3.50. The summed E-state index contributed by atoms with van der Waals surface area (Å²) >= 11 is 0. The summed E-state index contributed by atoms with van der Waals surface area (Å²) < 4.78 is 48.4. The Morgan fingerprint density at radius 1 is 0.913 bits per heavy atom. The van der Waals surface area contributed by atoms with Crippen molar-refractivity contribution in [2.24, 2.45) is 0 Å². The number of nitrogens with one attached hydrogen (secondary N) is 1. The van der Waals surface area contributed by atoms with E-state index in [1.807, 2.05) is 0 Å². The first-order valence-corrected chi connectivity index (χ1v) is 6.72. The number of methoxy groups -OCH3 is 2. The van der Waals surface area contributed by atoms with Crippen LogP contribution in [0.15, 0.2) is 36.4 Å². The zero-order chi connectivity index (χ0) is 16.6. The van der Waals surface area contributed by atoms with Crippen molar-refractivity contribution in [3.63, 3.8) is 0 Å². The predicted octanol–water partition coefficient (Wildman–Crippen LogP) is 4.27. The summed E-state index contributed by atoms with van der Waals surface area (Å²) in [6, 6.07) is 8.25. The maximum atomic E-state index is 12.6. The van der Waals surface area contributed by atoms with Crippen molar-refractivity contribution in [2.75, 3.05) is 14.2 Å². The minimum Gasteiger partial charge on any atom is -0.494 e. The van der Waals surface area contributed by atoms with Crippen LogP contribution in [0.3, 0.4) is 0 Å². The van der Waals surface area contributed by atoms with Crippen molar-refractivity contribution < 1.29 is 22.6 Å². The van der Waals surface area contributed by atoms with Crippen LogP contribution in [0.5, 0.6) is 11.5 Å². The van der Waals surface area contributed by atoms with E-state index >= 15 is 0 Å². The second kappa shape index (κ2) is 5.49. The molecule has 0 spiro atoms. The molecular formula is C16H13F3N2O2. The molecule has 0 fully saturated rings. The lowest BCUT2D eigenvalue weighted by molar-refractivity contribution is -0.137. The zero-order valence-electron chi connectivity index (χ0n) is 12.4. The molecule has 7 heteroatoms. The average molecular weight is 322 g/mol. The highest BCUT2D eigenvalue weighted by atomic mass is 19.4. The number of fused-ring (bicyclic) bond motifs is 1. The van der Waals surface area contributed by atoms with Crippen molar-refractivity contribution in [1.82, 2.24) is 9.97 Å². The van der Waals surface area contributed by atoms with Gasteiger partial charge >= 0.3 is 6.18 Å². The molecule has 23 heavy (non-hydrogen) atoms. The number of imidazole rings is 1. The number of hydrogen-bond acceptors (Lipinski definition) is 3.